The highest BCUT2D eigenvalue weighted by molar-refractivity contribution is 9.10. The Labute approximate surface area is 209 Å². The number of carbonyl (C=O) groups is 1. The number of aromatic nitrogens is 4. The molecule has 0 spiro atoms. The van der Waals surface area contributed by atoms with Crippen LogP contribution in [0.3, 0.4) is 0 Å². The summed E-state index contributed by atoms with van der Waals surface area (Å²) in [6.45, 7) is 2.05. The van der Waals surface area contributed by atoms with Gasteiger partial charge >= 0.3 is 0 Å². The molecule has 0 aliphatic carbocycles. The number of fused-ring (bicyclic) bond motifs is 2. The summed E-state index contributed by atoms with van der Waals surface area (Å²) in [6, 6.07) is 17.0. The summed E-state index contributed by atoms with van der Waals surface area (Å²) in [7, 11) is 1.59. The van der Waals surface area contributed by atoms with E-state index in [0.717, 1.165) is 27.7 Å². The van der Waals surface area contributed by atoms with Crippen LogP contribution in [-0.2, 0) is 6.42 Å². The first kappa shape index (κ1) is 24.0. The molecular formula is C25H23BrN6O3. The zero-order valence-electron chi connectivity index (χ0n) is 19.1. The summed E-state index contributed by atoms with van der Waals surface area (Å²) in [6.07, 6.45) is 3.94. The minimum absolute atomic E-state index is 0.0568. The Kier molecular flexibility index (Phi) is 6.83. The SMILES string of the molecule is CCc1c(Br)c2cccc(OC)c2c(=O)n1-c1ccccc1.NC(=O)c1c(N)nn2cccnc12. The number of methoxy groups -OCH3 is 1. The van der Waals surface area contributed by atoms with E-state index in [1.807, 2.05) is 55.5 Å². The van der Waals surface area contributed by atoms with E-state index in [2.05, 4.69) is 26.0 Å². The van der Waals surface area contributed by atoms with Crippen molar-refractivity contribution in [2.45, 2.75) is 13.3 Å². The zero-order chi connectivity index (χ0) is 25.1. The molecule has 4 N–H and O–H groups in total. The average Bonchev–Trinajstić information content (AvgIpc) is 3.22. The first-order valence-corrected chi connectivity index (χ1v) is 11.5. The first-order chi connectivity index (χ1) is 16.9. The molecule has 0 saturated heterocycles. The fourth-order valence-corrected chi connectivity index (χ4v) is 4.68. The lowest BCUT2D eigenvalue weighted by Gasteiger charge is -2.17. The van der Waals surface area contributed by atoms with Gasteiger partial charge in [0.2, 0.25) is 0 Å². The van der Waals surface area contributed by atoms with Gasteiger partial charge in [0.1, 0.15) is 11.3 Å². The van der Waals surface area contributed by atoms with Gasteiger partial charge < -0.3 is 16.2 Å². The normalized spacial score (nSPS) is 10.7. The van der Waals surface area contributed by atoms with Gasteiger partial charge in [-0.1, -0.05) is 37.3 Å². The molecule has 3 aromatic heterocycles. The lowest BCUT2D eigenvalue weighted by atomic mass is 10.1. The van der Waals surface area contributed by atoms with Crippen LogP contribution in [0.4, 0.5) is 5.82 Å². The molecule has 35 heavy (non-hydrogen) atoms. The predicted octanol–water partition coefficient (Wildman–Crippen LogP) is 3.73. The fraction of sp³-hybridized carbons (Fsp3) is 0.120. The molecule has 0 aliphatic rings. The maximum Gasteiger partial charge on any atom is 0.267 e. The van der Waals surface area contributed by atoms with E-state index in [1.54, 1.807) is 30.1 Å². The fourth-order valence-electron chi connectivity index (χ4n) is 3.90. The van der Waals surface area contributed by atoms with Crippen molar-refractivity contribution < 1.29 is 9.53 Å². The number of hydrogen-bond acceptors (Lipinski definition) is 6. The number of anilines is 1. The van der Waals surface area contributed by atoms with E-state index in [4.69, 9.17) is 16.2 Å². The van der Waals surface area contributed by atoms with Crippen molar-refractivity contribution in [3.8, 4) is 11.4 Å². The minimum Gasteiger partial charge on any atom is -0.496 e. The first-order valence-electron chi connectivity index (χ1n) is 10.7. The third-order valence-corrected chi connectivity index (χ3v) is 6.33. The van der Waals surface area contributed by atoms with E-state index in [-0.39, 0.29) is 16.9 Å². The van der Waals surface area contributed by atoms with E-state index < -0.39 is 5.91 Å². The number of pyridine rings is 1. The zero-order valence-corrected chi connectivity index (χ0v) is 20.7. The highest BCUT2D eigenvalue weighted by Crippen LogP contribution is 2.32. The highest BCUT2D eigenvalue weighted by atomic mass is 79.9. The number of hydrogen-bond donors (Lipinski definition) is 2. The lowest BCUT2D eigenvalue weighted by molar-refractivity contribution is 0.100. The number of nitrogen functional groups attached to an aromatic ring is 1. The molecule has 0 atom stereocenters. The summed E-state index contributed by atoms with van der Waals surface area (Å²) < 4.78 is 9.50. The topological polar surface area (TPSA) is 131 Å². The number of ether oxygens (including phenoxy) is 1. The second-order valence-electron chi connectivity index (χ2n) is 7.49. The molecule has 5 aromatic rings. The molecule has 5 rings (SSSR count). The van der Waals surface area contributed by atoms with Gasteiger partial charge in [0.05, 0.1) is 12.5 Å². The minimum atomic E-state index is -0.619. The molecular weight excluding hydrogens is 512 g/mol. The van der Waals surface area contributed by atoms with Crippen LogP contribution in [0.2, 0.25) is 0 Å². The number of nitrogens with two attached hydrogens (primary N) is 2. The van der Waals surface area contributed by atoms with Crippen LogP contribution in [-0.4, -0.2) is 32.2 Å². The predicted molar refractivity (Wildman–Crippen MR) is 139 cm³/mol. The van der Waals surface area contributed by atoms with Crippen LogP contribution in [0.15, 0.2) is 76.3 Å². The standard InChI is InChI=1S/C18H16BrNO2.C7H7N5O/c1-3-14-17(19)13-10-7-11-15(22-2)16(13)18(21)20(14)12-8-5-4-6-9-12;8-5-4(6(9)13)7-10-2-1-3-12(7)11-5/h4-11H,3H2,1-2H3;1-3H,(H2,8,11)(H2,9,13). The Morgan fingerprint density at radius 2 is 1.86 bits per heavy atom. The third-order valence-electron chi connectivity index (χ3n) is 5.44. The van der Waals surface area contributed by atoms with Gasteiger partial charge in [-0.05, 0) is 46.6 Å². The Morgan fingerprint density at radius 3 is 2.51 bits per heavy atom. The van der Waals surface area contributed by atoms with Crippen molar-refractivity contribution in [3.63, 3.8) is 0 Å². The molecule has 0 unspecified atom stereocenters. The Morgan fingerprint density at radius 1 is 1.11 bits per heavy atom. The van der Waals surface area contributed by atoms with Gasteiger partial charge in [-0.25, -0.2) is 9.50 Å². The number of halogens is 1. The van der Waals surface area contributed by atoms with E-state index >= 15 is 0 Å². The molecule has 3 heterocycles. The summed E-state index contributed by atoms with van der Waals surface area (Å²) in [4.78, 5) is 28.0. The number of rotatable bonds is 4. The average molecular weight is 535 g/mol. The monoisotopic (exact) mass is 534 g/mol. The molecule has 0 bridgehead atoms. The maximum absolute atomic E-state index is 13.1. The Hall–Kier alpha value is -4.18. The summed E-state index contributed by atoms with van der Waals surface area (Å²) in [5, 5.41) is 5.34. The second-order valence-corrected chi connectivity index (χ2v) is 8.28. The van der Waals surface area contributed by atoms with Crippen LogP contribution in [0.25, 0.3) is 22.1 Å². The molecule has 0 aliphatic heterocycles. The van der Waals surface area contributed by atoms with Crippen molar-refractivity contribution in [2.24, 2.45) is 5.73 Å². The summed E-state index contributed by atoms with van der Waals surface area (Å²) in [5.41, 5.74) is 12.9. The van der Waals surface area contributed by atoms with Crippen LogP contribution >= 0.6 is 15.9 Å². The van der Waals surface area contributed by atoms with Crippen LogP contribution in [0.5, 0.6) is 5.75 Å². The highest BCUT2D eigenvalue weighted by Gasteiger charge is 2.18. The molecule has 2 aromatic carbocycles. The molecule has 9 nitrogen and oxygen atoms in total. The molecule has 0 fully saturated rings. The number of benzene rings is 2. The molecule has 0 saturated carbocycles. The summed E-state index contributed by atoms with van der Waals surface area (Å²) >= 11 is 3.67. The van der Waals surface area contributed by atoms with Crippen molar-refractivity contribution >= 4 is 44.1 Å². The number of nitrogens with zero attached hydrogens (tertiary/aromatic N) is 4. The van der Waals surface area contributed by atoms with Crippen LogP contribution in [0.1, 0.15) is 23.0 Å². The third kappa shape index (κ3) is 4.35. The van der Waals surface area contributed by atoms with E-state index in [0.29, 0.717) is 16.8 Å². The largest absolute Gasteiger partial charge is 0.496 e. The van der Waals surface area contributed by atoms with Crippen molar-refractivity contribution in [1.29, 1.82) is 0 Å². The quantitative estimate of drug-likeness (QED) is 0.361. The lowest BCUT2D eigenvalue weighted by Crippen LogP contribution is -2.23. The van der Waals surface area contributed by atoms with Crippen molar-refractivity contribution in [1.82, 2.24) is 19.2 Å². The molecule has 178 valence electrons. The van der Waals surface area contributed by atoms with Gasteiger partial charge in [-0.15, -0.1) is 5.10 Å². The number of primary amides is 1. The number of amides is 1. The van der Waals surface area contributed by atoms with Gasteiger partial charge in [0, 0.05) is 33.6 Å². The van der Waals surface area contributed by atoms with Gasteiger partial charge in [0.15, 0.2) is 11.5 Å². The second kappa shape index (κ2) is 9.98. The van der Waals surface area contributed by atoms with Gasteiger partial charge in [-0.3, -0.25) is 14.2 Å². The van der Waals surface area contributed by atoms with Gasteiger partial charge in [-0.2, -0.15) is 0 Å². The number of para-hydroxylation sites is 1. The Balaban J connectivity index is 0.000000189. The van der Waals surface area contributed by atoms with E-state index in [9.17, 15) is 9.59 Å². The van der Waals surface area contributed by atoms with Crippen molar-refractivity contribution in [3.05, 3.63) is 93.1 Å². The van der Waals surface area contributed by atoms with Crippen LogP contribution in [0, 0.1) is 0 Å². The smallest absolute Gasteiger partial charge is 0.267 e. The summed E-state index contributed by atoms with van der Waals surface area (Å²) in [5.74, 6) is 0.0768. The van der Waals surface area contributed by atoms with Gasteiger partial charge in [0.25, 0.3) is 11.5 Å². The van der Waals surface area contributed by atoms with E-state index in [1.165, 1.54) is 4.52 Å². The number of carbonyl (C=O) groups excluding carboxylic acids is 1. The maximum atomic E-state index is 13.1. The van der Waals surface area contributed by atoms with Crippen LogP contribution < -0.4 is 21.8 Å². The molecule has 1 amide bonds. The molecule has 10 heteroatoms. The molecule has 0 radical (unpaired) electrons. The Bertz CT molecular complexity index is 1590. The van der Waals surface area contributed by atoms with Crippen molar-refractivity contribution in [2.75, 3.05) is 12.8 Å².